The number of hydrogen-bond acceptors (Lipinski definition) is 12. The molecule has 0 aromatic heterocycles. The number of carbonyl (C=O) groups is 4. The maximum Gasteiger partial charge on any atom is 0.306 e. The Labute approximate surface area is 318 Å². The van der Waals surface area contributed by atoms with Crippen LogP contribution in [0.15, 0.2) is 35.2 Å². The molecular formula is C36H50N6O12S. The van der Waals surface area contributed by atoms with Crippen molar-refractivity contribution in [3.63, 3.8) is 0 Å². The van der Waals surface area contributed by atoms with E-state index in [9.17, 15) is 48.0 Å². The third-order valence-corrected chi connectivity index (χ3v) is 11.6. The number of nitrogens with zero attached hydrogens (tertiary/aromatic N) is 1. The number of likely N-dealkylation sites (tertiary alicyclic amines) is 1. The number of methoxy groups -OCH3 is 1. The molecule has 18 nitrogen and oxygen atoms in total. The fourth-order valence-electron chi connectivity index (χ4n) is 6.76. The number of nitrogens with one attached hydrogen (secondary N) is 4. The topological polar surface area (TPSA) is 291 Å². The molecule has 302 valence electrons. The summed E-state index contributed by atoms with van der Waals surface area (Å²) in [5.74, 6) is -3.67. The molecule has 2 heterocycles. The average Bonchev–Trinajstić information content (AvgIpc) is 3.13. The number of ether oxygens (including phenoxy) is 2. The fraction of sp³-hybridized carbons (Fsp3) is 0.528. The molecule has 55 heavy (non-hydrogen) atoms. The van der Waals surface area contributed by atoms with Crippen LogP contribution in [0.5, 0.6) is 5.75 Å². The van der Waals surface area contributed by atoms with E-state index in [-0.39, 0.29) is 22.7 Å². The number of piperidine rings is 1. The second-order valence-electron chi connectivity index (χ2n) is 13.8. The van der Waals surface area contributed by atoms with E-state index >= 15 is 0 Å². The molecule has 2 aromatic carbocycles. The Morgan fingerprint density at radius 2 is 1.62 bits per heavy atom. The zero-order valence-electron chi connectivity index (χ0n) is 31.1. The number of nitrogens with two attached hydrogens (primary N) is 1. The van der Waals surface area contributed by atoms with Gasteiger partial charge in [0.15, 0.2) is 6.23 Å². The predicted molar refractivity (Wildman–Crippen MR) is 197 cm³/mol. The van der Waals surface area contributed by atoms with Gasteiger partial charge in [0.1, 0.15) is 42.0 Å². The van der Waals surface area contributed by atoms with Crippen LogP contribution in [0.4, 0.5) is 0 Å². The number of aliphatic carboxylic acids is 1. The molecule has 7 atom stereocenters. The van der Waals surface area contributed by atoms with E-state index in [1.54, 1.807) is 43.0 Å². The second-order valence-corrected chi connectivity index (χ2v) is 15.5. The highest BCUT2D eigenvalue weighted by Gasteiger charge is 2.45. The van der Waals surface area contributed by atoms with E-state index in [0.717, 1.165) is 19.3 Å². The number of rotatable bonds is 15. The molecule has 10 N–H and O–H groups in total. The third-order valence-electron chi connectivity index (χ3n) is 9.85. The van der Waals surface area contributed by atoms with Gasteiger partial charge in [-0.1, -0.05) is 24.3 Å². The number of carbonyl (C=O) groups excluding carboxylic acids is 3. The molecule has 0 aliphatic carbocycles. The van der Waals surface area contributed by atoms with Crippen molar-refractivity contribution < 1.29 is 57.5 Å². The van der Waals surface area contributed by atoms with E-state index in [2.05, 4.69) is 15.4 Å². The number of amides is 3. The number of aryl methyl sites for hydroxylation is 1. The number of sulfonamides is 1. The first kappa shape index (κ1) is 43.1. The lowest BCUT2D eigenvalue weighted by molar-refractivity contribution is -0.231. The van der Waals surface area contributed by atoms with E-state index in [1.807, 2.05) is 0 Å². The molecule has 0 saturated carbocycles. The molecule has 2 fully saturated rings. The number of carboxylic acids is 1. The Balaban J connectivity index is 1.68. The van der Waals surface area contributed by atoms with Gasteiger partial charge in [-0.25, -0.2) is 8.42 Å². The number of benzene rings is 2. The Hall–Kier alpha value is -4.66. The first-order valence-electron chi connectivity index (χ1n) is 17.7. The number of aliphatic hydroxyl groups is 3. The summed E-state index contributed by atoms with van der Waals surface area (Å²) in [5.41, 5.74) is 7.73. The molecule has 4 rings (SSSR count). The van der Waals surface area contributed by atoms with Crippen LogP contribution in [-0.4, -0.2) is 126 Å². The molecule has 19 heteroatoms. The molecule has 0 spiro atoms. The SMILES string of the molecule is COc1cc(C)c(S(=O)(=O)N[C@@H](CC(=O)NC2OC(CC(=O)O)C(O)C(O)C2O)C(=O)N[C@H](Cc2ccc(C(=N)N)cc2)C(=O)N2CCCCC2)c(C)c1C. The third kappa shape index (κ3) is 10.6. The standard InChI is InChI=1S/C36H50N6O12S/c1-18-14-25(53-4)19(2)20(3)32(18)55(51,52)41-23(16-27(43)40-35-31(48)30(47)29(46)26(54-35)17-28(44)45)34(49)39-24(36(50)42-12-6-5-7-13-42)15-21-8-10-22(11-9-21)33(37)38/h8-11,14,23-24,26,29-31,35,41,46-48H,5-7,12-13,15-17H2,1-4H3,(H3,37,38)(H,39,49)(H,40,43)(H,44,45)/t23-,24+,26?,29?,30?,31?,35?/m0/s1. The van der Waals surface area contributed by atoms with Crippen molar-refractivity contribution in [3.05, 3.63) is 58.1 Å². The predicted octanol–water partition coefficient (Wildman–Crippen LogP) is -0.920. The van der Waals surface area contributed by atoms with Gasteiger partial charge in [0.05, 0.1) is 31.0 Å². The van der Waals surface area contributed by atoms with Crippen LogP contribution in [0.25, 0.3) is 0 Å². The summed E-state index contributed by atoms with van der Waals surface area (Å²) in [6.45, 7) is 5.62. The summed E-state index contributed by atoms with van der Waals surface area (Å²) in [5, 5.41) is 52.9. The lowest BCUT2D eigenvalue weighted by atomic mass is 9.96. The van der Waals surface area contributed by atoms with Crippen LogP contribution < -0.4 is 25.8 Å². The highest BCUT2D eigenvalue weighted by atomic mass is 32.2. The van der Waals surface area contributed by atoms with Crippen molar-refractivity contribution in [2.45, 2.75) is 107 Å². The van der Waals surface area contributed by atoms with E-state index in [0.29, 0.717) is 41.1 Å². The molecule has 2 aromatic rings. The van der Waals surface area contributed by atoms with Crippen molar-refractivity contribution in [2.24, 2.45) is 5.73 Å². The van der Waals surface area contributed by atoms with Gasteiger partial charge in [-0.15, -0.1) is 0 Å². The van der Waals surface area contributed by atoms with Crippen LogP contribution in [0.1, 0.15) is 59.9 Å². The quantitative estimate of drug-likeness (QED) is 0.0781. The summed E-state index contributed by atoms with van der Waals surface area (Å²) >= 11 is 0. The van der Waals surface area contributed by atoms with Crippen molar-refractivity contribution in [1.82, 2.24) is 20.3 Å². The second kappa shape index (κ2) is 18.3. The van der Waals surface area contributed by atoms with Crippen molar-refractivity contribution >= 4 is 39.5 Å². The summed E-state index contributed by atoms with van der Waals surface area (Å²) in [6, 6.07) is 4.89. The van der Waals surface area contributed by atoms with Crippen molar-refractivity contribution in [3.8, 4) is 5.75 Å². The fourth-order valence-corrected chi connectivity index (χ4v) is 8.48. The van der Waals surface area contributed by atoms with E-state index < -0.39 is 89.3 Å². The zero-order chi connectivity index (χ0) is 40.8. The number of aliphatic hydroxyl groups excluding tert-OH is 3. The molecule has 0 radical (unpaired) electrons. The molecule has 2 saturated heterocycles. The number of carboxylic acid groups (broad SMARTS) is 1. The monoisotopic (exact) mass is 790 g/mol. The van der Waals surface area contributed by atoms with Crippen molar-refractivity contribution in [2.75, 3.05) is 20.2 Å². The van der Waals surface area contributed by atoms with Crippen LogP contribution >= 0.6 is 0 Å². The van der Waals surface area contributed by atoms with Crippen LogP contribution in [0, 0.1) is 26.2 Å². The lowest BCUT2D eigenvalue weighted by Crippen LogP contribution is -2.63. The Morgan fingerprint density at radius 1 is 0.982 bits per heavy atom. The first-order chi connectivity index (χ1) is 25.8. The Bertz CT molecular complexity index is 1870. The minimum absolute atomic E-state index is 0.0336. The molecular weight excluding hydrogens is 740 g/mol. The Kier molecular flexibility index (Phi) is 14.3. The smallest absolute Gasteiger partial charge is 0.306 e. The summed E-state index contributed by atoms with van der Waals surface area (Å²) < 4.78 is 41.3. The maximum atomic E-state index is 14.2. The largest absolute Gasteiger partial charge is 0.496 e. The summed E-state index contributed by atoms with van der Waals surface area (Å²) in [4.78, 5) is 54.4. The minimum Gasteiger partial charge on any atom is -0.496 e. The van der Waals surface area contributed by atoms with E-state index in [4.69, 9.17) is 20.6 Å². The zero-order valence-corrected chi connectivity index (χ0v) is 31.9. The average molecular weight is 791 g/mol. The maximum absolute atomic E-state index is 14.2. The van der Waals surface area contributed by atoms with Crippen LogP contribution in [-0.2, 0) is 40.4 Å². The lowest BCUT2D eigenvalue weighted by Gasteiger charge is -2.40. The highest BCUT2D eigenvalue weighted by molar-refractivity contribution is 7.89. The molecule has 2 aliphatic rings. The number of amidine groups is 1. The minimum atomic E-state index is -4.58. The van der Waals surface area contributed by atoms with Crippen LogP contribution in [0.3, 0.4) is 0 Å². The van der Waals surface area contributed by atoms with Gasteiger partial charge in [-0.05, 0) is 68.4 Å². The summed E-state index contributed by atoms with van der Waals surface area (Å²) in [6.07, 6.45) is -8.26. The van der Waals surface area contributed by atoms with Crippen molar-refractivity contribution in [1.29, 1.82) is 5.41 Å². The molecule has 2 aliphatic heterocycles. The molecule has 0 bridgehead atoms. The van der Waals surface area contributed by atoms with Gasteiger partial charge < -0.3 is 51.2 Å². The number of nitrogen functional groups attached to an aromatic ring is 1. The highest BCUT2D eigenvalue weighted by Crippen LogP contribution is 2.31. The Morgan fingerprint density at radius 3 is 2.20 bits per heavy atom. The van der Waals surface area contributed by atoms with Gasteiger partial charge in [-0.3, -0.25) is 24.6 Å². The molecule has 3 amide bonds. The van der Waals surface area contributed by atoms with Gasteiger partial charge >= 0.3 is 5.97 Å². The van der Waals surface area contributed by atoms with E-state index in [1.165, 1.54) is 20.1 Å². The van der Waals surface area contributed by atoms with Gasteiger partial charge in [0, 0.05) is 25.1 Å². The van der Waals surface area contributed by atoms with Gasteiger partial charge in [-0.2, -0.15) is 4.72 Å². The normalized spacial score (nSPS) is 22.6. The number of hydrogen-bond donors (Lipinski definition) is 9. The van der Waals surface area contributed by atoms with Crippen LogP contribution in [0.2, 0.25) is 0 Å². The van der Waals surface area contributed by atoms with Gasteiger partial charge in [0.2, 0.25) is 27.7 Å². The molecule has 5 unspecified atom stereocenters. The summed E-state index contributed by atoms with van der Waals surface area (Å²) in [7, 11) is -3.15. The first-order valence-corrected chi connectivity index (χ1v) is 19.2. The van der Waals surface area contributed by atoms with Gasteiger partial charge in [0.25, 0.3) is 0 Å².